The van der Waals surface area contributed by atoms with Gasteiger partial charge >= 0.3 is 6.18 Å². The summed E-state index contributed by atoms with van der Waals surface area (Å²) in [7, 11) is 0. The minimum absolute atomic E-state index is 0.0335. The molecule has 9 heteroatoms. The normalized spacial score (nSPS) is 17.3. The predicted octanol–water partition coefficient (Wildman–Crippen LogP) is 1.93. The van der Waals surface area contributed by atoms with Crippen molar-refractivity contribution < 1.29 is 18.0 Å². The monoisotopic (exact) mass is 366 g/mol. The first-order chi connectivity index (χ1) is 12.3. The van der Waals surface area contributed by atoms with Gasteiger partial charge in [0.15, 0.2) is 0 Å². The van der Waals surface area contributed by atoms with E-state index in [-0.39, 0.29) is 23.9 Å². The van der Waals surface area contributed by atoms with Crippen LogP contribution in [0.1, 0.15) is 17.5 Å². The van der Waals surface area contributed by atoms with Crippen molar-refractivity contribution in [3.63, 3.8) is 0 Å². The van der Waals surface area contributed by atoms with Crippen LogP contribution in [0.2, 0.25) is 0 Å². The van der Waals surface area contributed by atoms with Crippen LogP contribution in [0.3, 0.4) is 0 Å². The Kier molecular flexibility index (Phi) is 4.97. The highest BCUT2D eigenvalue weighted by molar-refractivity contribution is 5.80. The Labute approximate surface area is 147 Å². The van der Waals surface area contributed by atoms with Gasteiger partial charge in [-0.15, -0.1) is 0 Å². The van der Waals surface area contributed by atoms with Crippen LogP contribution in [0.25, 0.3) is 0 Å². The van der Waals surface area contributed by atoms with Crippen molar-refractivity contribution in [2.24, 2.45) is 5.92 Å². The molecule has 0 radical (unpaired) electrons. The molecule has 2 aromatic rings. The number of hydrogen-bond acceptors (Lipinski definition) is 4. The van der Waals surface area contributed by atoms with Gasteiger partial charge in [0, 0.05) is 25.7 Å². The van der Waals surface area contributed by atoms with Crippen molar-refractivity contribution in [2.75, 3.05) is 18.0 Å². The summed E-state index contributed by atoms with van der Waals surface area (Å²) in [5, 5.41) is 8.71. The lowest BCUT2D eigenvalue weighted by Crippen LogP contribution is -2.32. The molecule has 26 heavy (non-hydrogen) atoms. The zero-order valence-corrected chi connectivity index (χ0v) is 13.7. The summed E-state index contributed by atoms with van der Waals surface area (Å²) >= 11 is 0. The van der Waals surface area contributed by atoms with Crippen LogP contribution in [-0.2, 0) is 17.5 Å². The lowest BCUT2D eigenvalue weighted by atomic mass is 10.1. The number of aromatic amines is 1. The van der Waals surface area contributed by atoms with E-state index in [1.807, 2.05) is 4.90 Å². The van der Waals surface area contributed by atoms with Crippen LogP contribution in [0.4, 0.5) is 18.9 Å². The van der Waals surface area contributed by atoms with E-state index in [1.165, 1.54) is 18.3 Å². The van der Waals surface area contributed by atoms with E-state index >= 15 is 0 Å². The van der Waals surface area contributed by atoms with E-state index in [0.717, 1.165) is 12.1 Å². The number of anilines is 1. The average Bonchev–Trinajstić information content (AvgIpc) is 3.09. The predicted molar refractivity (Wildman–Crippen MR) is 88.5 cm³/mol. The summed E-state index contributed by atoms with van der Waals surface area (Å²) in [4.78, 5) is 25.5. The molecule has 0 saturated carbocycles. The van der Waals surface area contributed by atoms with E-state index in [9.17, 15) is 22.8 Å². The molecule has 1 aliphatic rings. The van der Waals surface area contributed by atoms with Crippen LogP contribution in [0.15, 0.2) is 41.3 Å². The first kappa shape index (κ1) is 18.0. The Morgan fingerprint density at radius 3 is 2.88 bits per heavy atom. The Balaban J connectivity index is 1.57. The number of amides is 1. The number of alkyl halides is 3. The molecule has 1 aromatic carbocycles. The van der Waals surface area contributed by atoms with Gasteiger partial charge in [-0.25, -0.2) is 5.10 Å². The number of H-pyrrole nitrogens is 1. The summed E-state index contributed by atoms with van der Waals surface area (Å²) in [6.07, 6.45) is -2.29. The van der Waals surface area contributed by atoms with Gasteiger partial charge in [0.2, 0.25) is 5.91 Å². The van der Waals surface area contributed by atoms with Crippen molar-refractivity contribution in [1.82, 2.24) is 15.5 Å². The maximum absolute atomic E-state index is 12.7. The molecule has 1 aromatic heterocycles. The first-order valence-corrected chi connectivity index (χ1v) is 8.06. The fourth-order valence-electron chi connectivity index (χ4n) is 2.94. The minimum Gasteiger partial charge on any atom is -0.369 e. The summed E-state index contributed by atoms with van der Waals surface area (Å²) in [6, 6.07) is 6.30. The highest BCUT2D eigenvalue weighted by Crippen LogP contribution is 2.29. The molecular weight excluding hydrogens is 349 g/mol. The van der Waals surface area contributed by atoms with Crippen molar-refractivity contribution in [1.29, 1.82) is 0 Å². The Bertz CT molecular complexity index is 850. The second-order valence-corrected chi connectivity index (χ2v) is 6.15. The molecule has 3 rings (SSSR count). The molecule has 0 bridgehead atoms. The van der Waals surface area contributed by atoms with Gasteiger partial charge in [-0.1, -0.05) is 12.1 Å². The molecule has 2 N–H and O–H groups in total. The van der Waals surface area contributed by atoms with E-state index in [2.05, 4.69) is 15.5 Å². The zero-order valence-electron chi connectivity index (χ0n) is 13.7. The molecule has 2 heterocycles. The Morgan fingerprint density at radius 1 is 1.35 bits per heavy atom. The zero-order chi connectivity index (χ0) is 18.7. The molecular formula is C17H17F3N4O2. The SMILES string of the molecule is O=C(NCc1cccc(C(F)(F)F)c1)C1CCN(c2cn[nH]c(=O)c2)C1. The third-order valence-electron chi connectivity index (χ3n) is 4.30. The fourth-order valence-corrected chi connectivity index (χ4v) is 2.94. The van der Waals surface area contributed by atoms with Crippen molar-refractivity contribution in [3.8, 4) is 0 Å². The number of carbonyl (C=O) groups is 1. The summed E-state index contributed by atoms with van der Waals surface area (Å²) in [5.41, 5.74) is -0.0261. The van der Waals surface area contributed by atoms with Crippen molar-refractivity contribution in [3.05, 3.63) is 58.0 Å². The van der Waals surface area contributed by atoms with Gasteiger partial charge in [0.25, 0.3) is 5.56 Å². The molecule has 1 unspecified atom stereocenters. The number of hydrogen-bond donors (Lipinski definition) is 2. The number of nitrogens with zero attached hydrogens (tertiary/aromatic N) is 2. The van der Waals surface area contributed by atoms with Crippen LogP contribution in [-0.4, -0.2) is 29.2 Å². The molecule has 1 fully saturated rings. The van der Waals surface area contributed by atoms with Crippen LogP contribution >= 0.6 is 0 Å². The maximum Gasteiger partial charge on any atom is 0.416 e. The summed E-state index contributed by atoms with van der Waals surface area (Å²) in [6.45, 7) is 1.07. The van der Waals surface area contributed by atoms with Crippen LogP contribution in [0.5, 0.6) is 0 Å². The minimum atomic E-state index is -4.41. The molecule has 138 valence electrons. The third-order valence-corrected chi connectivity index (χ3v) is 4.30. The molecule has 6 nitrogen and oxygen atoms in total. The van der Waals surface area contributed by atoms with Crippen molar-refractivity contribution >= 4 is 11.6 Å². The lowest BCUT2D eigenvalue weighted by molar-refractivity contribution is -0.137. The van der Waals surface area contributed by atoms with E-state index in [4.69, 9.17) is 0 Å². The molecule has 1 amide bonds. The number of nitrogens with one attached hydrogen (secondary N) is 2. The molecule has 1 saturated heterocycles. The van der Waals surface area contributed by atoms with E-state index in [0.29, 0.717) is 30.8 Å². The van der Waals surface area contributed by atoms with Gasteiger partial charge in [-0.2, -0.15) is 18.3 Å². The highest BCUT2D eigenvalue weighted by atomic mass is 19.4. The molecule has 1 atom stereocenters. The molecule has 0 spiro atoms. The van der Waals surface area contributed by atoms with Crippen molar-refractivity contribution in [2.45, 2.75) is 19.1 Å². The summed E-state index contributed by atoms with van der Waals surface area (Å²) in [5.74, 6) is -0.511. The van der Waals surface area contributed by atoms with Gasteiger partial charge in [0.05, 0.1) is 23.4 Å². The van der Waals surface area contributed by atoms with Gasteiger partial charge in [0.1, 0.15) is 0 Å². The Morgan fingerprint density at radius 2 is 2.15 bits per heavy atom. The fraction of sp³-hybridized carbons (Fsp3) is 0.353. The van der Waals surface area contributed by atoms with Gasteiger partial charge < -0.3 is 10.2 Å². The number of benzene rings is 1. The number of aromatic nitrogens is 2. The van der Waals surface area contributed by atoms with Crippen LogP contribution in [0, 0.1) is 5.92 Å². The van der Waals surface area contributed by atoms with E-state index in [1.54, 1.807) is 6.07 Å². The van der Waals surface area contributed by atoms with E-state index < -0.39 is 11.7 Å². The molecule has 1 aliphatic heterocycles. The first-order valence-electron chi connectivity index (χ1n) is 8.06. The smallest absolute Gasteiger partial charge is 0.369 e. The second kappa shape index (κ2) is 7.19. The quantitative estimate of drug-likeness (QED) is 0.867. The third kappa shape index (κ3) is 4.22. The summed E-state index contributed by atoms with van der Waals surface area (Å²) < 4.78 is 38.2. The second-order valence-electron chi connectivity index (χ2n) is 6.15. The Hall–Kier alpha value is -2.84. The highest BCUT2D eigenvalue weighted by Gasteiger charge is 2.31. The van der Waals surface area contributed by atoms with Crippen LogP contribution < -0.4 is 15.8 Å². The lowest BCUT2D eigenvalue weighted by Gasteiger charge is -2.17. The van der Waals surface area contributed by atoms with Gasteiger partial charge in [-0.3, -0.25) is 9.59 Å². The number of carbonyl (C=O) groups excluding carboxylic acids is 1. The number of rotatable bonds is 4. The molecule has 0 aliphatic carbocycles. The number of halogens is 3. The van der Waals surface area contributed by atoms with Gasteiger partial charge in [-0.05, 0) is 24.1 Å². The largest absolute Gasteiger partial charge is 0.416 e. The standard InChI is InChI=1S/C17H17F3N4O2/c18-17(19,20)13-3-1-2-11(6-13)8-21-16(26)12-4-5-24(10-12)14-7-15(25)23-22-9-14/h1-3,6-7,9,12H,4-5,8,10H2,(H,21,26)(H,23,25). The topological polar surface area (TPSA) is 78.1 Å². The maximum atomic E-state index is 12.7. The average molecular weight is 366 g/mol.